The summed E-state index contributed by atoms with van der Waals surface area (Å²) in [6.45, 7) is 0. The Morgan fingerprint density at radius 3 is 2.83 bits per heavy atom. The highest BCUT2D eigenvalue weighted by Crippen LogP contribution is 2.01. The molecule has 0 amide bonds. The van der Waals surface area contributed by atoms with E-state index in [1.54, 1.807) is 6.26 Å². The van der Waals surface area contributed by atoms with Crippen molar-refractivity contribution in [1.82, 2.24) is 5.48 Å². The van der Waals surface area contributed by atoms with Crippen LogP contribution in [-0.2, 0) is 4.84 Å². The lowest BCUT2D eigenvalue weighted by atomic mass is 10.7. The second-order valence-electron chi connectivity index (χ2n) is 0.966. The Morgan fingerprint density at radius 2 is 2.67 bits per heavy atom. The molecule has 0 radical (unpaired) electrons. The number of rotatable bonds is 0. The van der Waals surface area contributed by atoms with Gasteiger partial charge in [0.2, 0.25) is 0 Å². The van der Waals surface area contributed by atoms with Crippen LogP contribution in [0.1, 0.15) is 0 Å². The third kappa shape index (κ3) is 0.725. The molecule has 1 N–H and O–H groups in total. The van der Waals surface area contributed by atoms with Crippen LogP contribution in [0, 0.1) is 0 Å². The Morgan fingerprint density at radius 1 is 1.83 bits per heavy atom. The molecular weight excluding hydrogens is 146 g/mol. The molecule has 1 aliphatic heterocycles. The molecule has 1 heterocycles. The van der Waals surface area contributed by atoms with Crippen molar-refractivity contribution in [3.63, 3.8) is 0 Å². The summed E-state index contributed by atoms with van der Waals surface area (Å²) in [7, 11) is 0. The van der Waals surface area contributed by atoms with E-state index in [2.05, 4.69) is 26.2 Å². The Hall–Kier alpha value is -0.0200. The van der Waals surface area contributed by atoms with Crippen LogP contribution in [0.25, 0.3) is 0 Å². The maximum absolute atomic E-state index is 4.58. The van der Waals surface area contributed by atoms with E-state index in [1.807, 2.05) is 6.08 Å². The SMILES string of the molecule is BrC1C=CON1. The number of halogens is 1. The molecule has 0 saturated heterocycles. The first-order chi connectivity index (χ1) is 2.89. The van der Waals surface area contributed by atoms with E-state index in [9.17, 15) is 0 Å². The zero-order chi connectivity index (χ0) is 4.41. The standard InChI is InChI=1S/C3H4BrNO/c4-3-1-2-6-5-3/h1-3,5H. The van der Waals surface area contributed by atoms with Gasteiger partial charge in [0.25, 0.3) is 0 Å². The highest BCUT2D eigenvalue weighted by Gasteiger charge is 2.00. The summed E-state index contributed by atoms with van der Waals surface area (Å²) < 4.78 is 0. The third-order valence-electron chi connectivity index (χ3n) is 0.496. The predicted molar refractivity (Wildman–Crippen MR) is 26.1 cm³/mol. The van der Waals surface area contributed by atoms with Gasteiger partial charge in [-0.15, -0.1) is 5.48 Å². The number of hydrogen-bond acceptors (Lipinski definition) is 2. The molecule has 0 aromatic heterocycles. The molecule has 0 spiro atoms. The normalized spacial score (nSPS) is 30.5. The van der Waals surface area contributed by atoms with E-state index in [0.717, 1.165) is 0 Å². The van der Waals surface area contributed by atoms with Gasteiger partial charge < -0.3 is 4.84 Å². The monoisotopic (exact) mass is 149 g/mol. The second kappa shape index (κ2) is 1.62. The van der Waals surface area contributed by atoms with Crippen LogP contribution in [-0.4, -0.2) is 4.95 Å². The Bertz CT molecular complexity index is 73.2. The maximum Gasteiger partial charge on any atom is 0.119 e. The molecule has 0 aromatic rings. The van der Waals surface area contributed by atoms with Gasteiger partial charge >= 0.3 is 0 Å². The molecule has 2 nitrogen and oxygen atoms in total. The van der Waals surface area contributed by atoms with Gasteiger partial charge in [-0.05, 0) is 6.08 Å². The average molecular weight is 150 g/mol. The van der Waals surface area contributed by atoms with Crippen molar-refractivity contribution in [3.8, 4) is 0 Å². The van der Waals surface area contributed by atoms with Gasteiger partial charge in [0, 0.05) is 0 Å². The van der Waals surface area contributed by atoms with Gasteiger partial charge in [-0.25, -0.2) is 0 Å². The summed E-state index contributed by atoms with van der Waals surface area (Å²) in [6, 6.07) is 0. The average Bonchev–Trinajstić information content (AvgIpc) is 1.86. The molecule has 0 fully saturated rings. The lowest BCUT2D eigenvalue weighted by molar-refractivity contribution is 0.163. The fourth-order valence-electron chi connectivity index (χ4n) is 0.252. The summed E-state index contributed by atoms with van der Waals surface area (Å²) in [5.41, 5.74) is 2.62. The first-order valence-corrected chi connectivity index (χ1v) is 2.53. The highest BCUT2D eigenvalue weighted by atomic mass is 79.9. The summed E-state index contributed by atoms with van der Waals surface area (Å²) in [4.78, 5) is 4.79. The van der Waals surface area contributed by atoms with E-state index in [1.165, 1.54) is 0 Å². The number of hydroxylamine groups is 1. The van der Waals surface area contributed by atoms with Crippen molar-refractivity contribution in [2.45, 2.75) is 4.95 Å². The quantitative estimate of drug-likeness (QED) is 0.406. The molecule has 0 saturated carbocycles. The molecule has 0 aliphatic carbocycles. The number of nitrogens with one attached hydrogen (secondary N) is 1. The first kappa shape index (κ1) is 4.15. The smallest absolute Gasteiger partial charge is 0.119 e. The second-order valence-corrected chi connectivity index (χ2v) is 1.95. The first-order valence-electron chi connectivity index (χ1n) is 1.61. The zero-order valence-corrected chi connectivity index (χ0v) is 4.60. The van der Waals surface area contributed by atoms with E-state index in [0.29, 0.717) is 0 Å². The maximum atomic E-state index is 4.58. The Labute approximate surface area is 44.3 Å². The third-order valence-corrected chi connectivity index (χ3v) is 0.988. The Balaban J connectivity index is 2.38. The van der Waals surface area contributed by atoms with Crippen molar-refractivity contribution in [3.05, 3.63) is 12.3 Å². The number of alkyl halides is 1. The summed E-state index contributed by atoms with van der Waals surface area (Å²) >= 11 is 3.22. The molecule has 1 atom stereocenters. The molecule has 3 heteroatoms. The molecule has 34 valence electrons. The van der Waals surface area contributed by atoms with Crippen LogP contribution < -0.4 is 5.48 Å². The van der Waals surface area contributed by atoms with Gasteiger partial charge in [-0.3, -0.25) is 0 Å². The minimum atomic E-state index is 0.206. The summed E-state index contributed by atoms with van der Waals surface area (Å²) in [6.07, 6.45) is 3.46. The highest BCUT2D eigenvalue weighted by molar-refractivity contribution is 9.09. The molecule has 1 aliphatic rings. The van der Waals surface area contributed by atoms with Gasteiger partial charge in [-0.2, -0.15) is 0 Å². The lowest BCUT2D eigenvalue weighted by Gasteiger charge is -1.92. The minimum absolute atomic E-state index is 0.206. The van der Waals surface area contributed by atoms with Crippen molar-refractivity contribution < 1.29 is 4.84 Å². The van der Waals surface area contributed by atoms with Crippen LogP contribution in [0.5, 0.6) is 0 Å². The molecular formula is C3H4BrNO. The van der Waals surface area contributed by atoms with Crippen molar-refractivity contribution in [2.24, 2.45) is 0 Å². The zero-order valence-electron chi connectivity index (χ0n) is 3.02. The topological polar surface area (TPSA) is 21.3 Å². The Kier molecular flexibility index (Phi) is 1.12. The van der Waals surface area contributed by atoms with Crippen molar-refractivity contribution >= 4 is 15.9 Å². The molecule has 0 aromatic carbocycles. The van der Waals surface area contributed by atoms with Crippen LogP contribution in [0.15, 0.2) is 12.3 Å². The largest absolute Gasteiger partial charge is 0.415 e. The van der Waals surface area contributed by atoms with Crippen LogP contribution in [0.4, 0.5) is 0 Å². The molecule has 1 unspecified atom stereocenters. The van der Waals surface area contributed by atoms with Crippen molar-refractivity contribution in [1.29, 1.82) is 0 Å². The van der Waals surface area contributed by atoms with Gasteiger partial charge in [0.05, 0.1) is 0 Å². The lowest BCUT2D eigenvalue weighted by Crippen LogP contribution is -2.11. The summed E-state index contributed by atoms with van der Waals surface area (Å²) in [5, 5.41) is 0. The van der Waals surface area contributed by atoms with Crippen LogP contribution in [0.3, 0.4) is 0 Å². The molecule has 6 heavy (non-hydrogen) atoms. The van der Waals surface area contributed by atoms with Crippen LogP contribution in [0.2, 0.25) is 0 Å². The fourth-order valence-corrected chi connectivity index (χ4v) is 0.484. The minimum Gasteiger partial charge on any atom is -0.415 e. The molecule has 0 bridgehead atoms. The van der Waals surface area contributed by atoms with E-state index < -0.39 is 0 Å². The van der Waals surface area contributed by atoms with Gasteiger partial charge in [0.15, 0.2) is 0 Å². The van der Waals surface area contributed by atoms with E-state index in [4.69, 9.17) is 0 Å². The van der Waals surface area contributed by atoms with Gasteiger partial charge in [-0.1, -0.05) is 15.9 Å². The summed E-state index contributed by atoms with van der Waals surface area (Å²) in [5.74, 6) is 0. The number of hydrogen-bond donors (Lipinski definition) is 1. The van der Waals surface area contributed by atoms with E-state index >= 15 is 0 Å². The molecule has 1 rings (SSSR count). The van der Waals surface area contributed by atoms with Crippen LogP contribution >= 0.6 is 15.9 Å². The van der Waals surface area contributed by atoms with Crippen molar-refractivity contribution in [2.75, 3.05) is 0 Å². The van der Waals surface area contributed by atoms with E-state index in [-0.39, 0.29) is 4.95 Å². The van der Waals surface area contributed by atoms with Gasteiger partial charge in [0.1, 0.15) is 11.2 Å². The predicted octanol–water partition coefficient (Wildman–Crippen LogP) is 0.756. The fraction of sp³-hybridized carbons (Fsp3) is 0.333.